The van der Waals surface area contributed by atoms with Crippen LogP contribution in [0.25, 0.3) is 0 Å². The quantitative estimate of drug-likeness (QED) is 0.853. The Morgan fingerprint density at radius 1 is 1.27 bits per heavy atom. The number of aryl methyl sites for hydroxylation is 2. The van der Waals surface area contributed by atoms with Gasteiger partial charge in [-0.15, -0.1) is 0 Å². The van der Waals surface area contributed by atoms with Gasteiger partial charge in [0.05, 0.1) is 6.54 Å². The highest BCUT2D eigenvalue weighted by molar-refractivity contribution is 5.83. The van der Waals surface area contributed by atoms with Gasteiger partial charge in [0.15, 0.2) is 5.69 Å². The van der Waals surface area contributed by atoms with E-state index in [0.29, 0.717) is 5.69 Å². The van der Waals surface area contributed by atoms with E-state index < -0.39 is 17.9 Å². The minimum Gasteiger partial charge on any atom is -0.353 e. The molecule has 0 fully saturated rings. The van der Waals surface area contributed by atoms with Crippen molar-refractivity contribution in [1.82, 2.24) is 20.0 Å². The summed E-state index contributed by atoms with van der Waals surface area (Å²) in [7, 11) is 3.61. The first-order chi connectivity index (χ1) is 12.1. The third-order valence-corrected chi connectivity index (χ3v) is 4.02. The van der Waals surface area contributed by atoms with Gasteiger partial charge in [0, 0.05) is 12.2 Å². The van der Waals surface area contributed by atoms with Crippen LogP contribution in [-0.2, 0) is 17.5 Å². The Balaban J connectivity index is 2.02. The SMILES string of the molecule is Cc1cccc([C@@H](C(=O)NCCn2nc(C(F)(F)F)cc2C)N(C)C)c1. The van der Waals surface area contributed by atoms with Gasteiger partial charge in [-0.3, -0.25) is 14.4 Å². The summed E-state index contributed by atoms with van der Waals surface area (Å²) in [6.45, 7) is 3.86. The van der Waals surface area contributed by atoms with Crippen LogP contribution < -0.4 is 5.32 Å². The maximum atomic E-state index is 12.7. The maximum Gasteiger partial charge on any atom is 0.435 e. The molecule has 0 spiro atoms. The molecule has 2 rings (SSSR count). The lowest BCUT2D eigenvalue weighted by molar-refractivity contribution is -0.141. The first kappa shape index (κ1) is 20.0. The molecule has 1 heterocycles. The summed E-state index contributed by atoms with van der Waals surface area (Å²) in [6.07, 6.45) is -4.47. The number of carbonyl (C=O) groups excluding carboxylic acids is 1. The lowest BCUT2D eigenvalue weighted by Crippen LogP contribution is -2.38. The fraction of sp³-hybridized carbons (Fsp3) is 0.444. The predicted octanol–water partition coefficient (Wildman–Crippen LogP) is 2.94. The van der Waals surface area contributed by atoms with Crippen LogP contribution in [0.4, 0.5) is 13.2 Å². The zero-order valence-electron chi connectivity index (χ0n) is 15.3. The van der Waals surface area contributed by atoms with Gasteiger partial charge in [-0.25, -0.2) is 0 Å². The molecule has 0 aliphatic rings. The van der Waals surface area contributed by atoms with Crippen LogP contribution >= 0.6 is 0 Å². The van der Waals surface area contributed by atoms with Gasteiger partial charge in [-0.2, -0.15) is 18.3 Å². The second-order valence-electron chi connectivity index (χ2n) is 6.46. The molecule has 1 amide bonds. The molecular weight excluding hydrogens is 345 g/mol. The maximum absolute atomic E-state index is 12.7. The van der Waals surface area contributed by atoms with E-state index in [2.05, 4.69) is 10.4 Å². The van der Waals surface area contributed by atoms with E-state index in [1.165, 1.54) is 4.68 Å². The Morgan fingerprint density at radius 3 is 2.50 bits per heavy atom. The van der Waals surface area contributed by atoms with E-state index in [-0.39, 0.29) is 19.0 Å². The summed E-state index contributed by atoms with van der Waals surface area (Å²) in [4.78, 5) is 14.4. The van der Waals surface area contributed by atoms with Gasteiger partial charge in [0.2, 0.25) is 5.91 Å². The van der Waals surface area contributed by atoms with E-state index in [1.807, 2.05) is 31.2 Å². The van der Waals surface area contributed by atoms with Crippen molar-refractivity contribution in [3.8, 4) is 0 Å². The molecule has 1 aromatic carbocycles. The lowest BCUT2D eigenvalue weighted by atomic mass is 10.0. The molecule has 0 aliphatic heterocycles. The third-order valence-electron chi connectivity index (χ3n) is 4.02. The fourth-order valence-electron chi connectivity index (χ4n) is 2.78. The second-order valence-corrected chi connectivity index (χ2v) is 6.46. The molecule has 142 valence electrons. The first-order valence-electron chi connectivity index (χ1n) is 8.22. The number of amides is 1. The number of benzene rings is 1. The number of halogens is 3. The number of hydrogen-bond acceptors (Lipinski definition) is 3. The Hall–Kier alpha value is -2.35. The molecule has 0 aliphatic carbocycles. The fourth-order valence-corrected chi connectivity index (χ4v) is 2.78. The zero-order valence-corrected chi connectivity index (χ0v) is 15.3. The predicted molar refractivity (Wildman–Crippen MR) is 92.6 cm³/mol. The summed E-state index contributed by atoms with van der Waals surface area (Å²) in [6, 6.07) is 8.19. The molecule has 8 heteroatoms. The molecule has 1 N–H and O–H groups in total. The monoisotopic (exact) mass is 368 g/mol. The van der Waals surface area contributed by atoms with Gasteiger partial charge in [-0.05, 0) is 39.6 Å². The molecule has 2 aromatic rings. The molecule has 26 heavy (non-hydrogen) atoms. The van der Waals surface area contributed by atoms with E-state index in [0.717, 1.165) is 17.2 Å². The molecular formula is C18H23F3N4O. The number of hydrogen-bond donors (Lipinski definition) is 1. The molecule has 0 bridgehead atoms. The van der Waals surface area contributed by atoms with E-state index in [4.69, 9.17) is 0 Å². The van der Waals surface area contributed by atoms with Crippen molar-refractivity contribution in [2.45, 2.75) is 32.6 Å². The van der Waals surface area contributed by atoms with Crippen molar-refractivity contribution in [1.29, 1.82) is 0 Å². The molecule has 0 saturated carbocycles. The smallest absolute Gasteiger partial charge is 0.353 e. The van der Waals surface area contributed by atoms with Crippen LogP contribution in [0, 0.1) is 13.8 Å². The van der Waals surface area contributed by atoms with E-state index in [1.54, 1.807) is 25.9 Å². The number of nitrogens with zero attached hydrogens (tertiary/aromatic N) is 3. The third kappa shape index (κ3) is 4.85. The van der Waals surface area contributed by atoms with Gasteiger partial charge >= 0.3 is 6.18 Å². The molecule has 0 unspecified atom stereocenters. The average molecular weight is 368 g/mol. The van der Waals surface area contributed by atoms with Crippen LogP contribution in [0.5, 0.6) is 0 Å². The number of alkyl halides is 3. The van der Waals surface area contributed by atoms with Crippen molar-refractivity contribution in [2.75, 3.05) is 20.6 Å². The van der Waals surface area contributed by atoms with Gasteiger partial charge in [0.25, 0.3) is 0 Å². The van der Waals surface area contributed by atoms with Crippen molar-refractivity contribution >= 4 is 5.91 Å². The normalized spacial score (nSPS) is 13.1. The van der Waals surface area contributed by atoms with Crippen LogP contribution in [0.3, 0.4) is 0 Å². The van der Waals surface area contributed by atoms with Crippen molar-refractivity contribution in [3.63, 3.8) is 0 Å². The topological polar surface area (TPSA) is 50.2 Å². The number of rotatable bonds is 6. The van der Waals surface area contributed by atoms with Gasteiger partial charge < -0.3 is 5.32 Å². The lowest BCUT2D eigenvalue weighted by Gasteiger charge is -2.24. The number of carbonyl (C=O) groups is 1. The Morgan fingerprint density at radius 2 is 1.96 bits per heavy atom. The minimum absolute atomic E-state index is 0.168. The minimum atomic E-state index is -4.47. The van der Waals surface area contributed by atoms with Crippen LogP contribution in [0.15, 0.2) is 30.3 Å². The van der Waals surface area contributed by atoms with Crippen molar-refractivity contribution in [3.05, 3.63) is 52.8 Å². The first-order valence-corrected chi connectivity index (χ1v) is 8.22. The molecule has 1 atom stereocenters. The van der Waals surface area contributed by atoms with Crippen molar-refractivity contribution < 1.29 is 18.0 Å². The summed E-state index contributed by atoms with van der Waals surface area (Å²) in [5, 5.41) is 6.34. The van der Waals surface area contributed by atoms with E-state index in [9.17, 15) is 18.0 Å². The number of nitrogens with one attached hydrogen (secondary N) is 1. The van der Waals surface area contributed by atoms with Crippen molar-refractivity contribution in [2.24, 2.45) is 0 Å². The Labute approximate surface area is 150 Å². The Bertz CT molecular complexity index is 768. The summed E-state index contributed by atoms with van der Waals surface area (Å²) in [5.74, 6) is -0.207. The molecule has 0 saturated heterocycles. The Kier molecular flexibility index (Phi) is 6.07. The van der Waals surface area contributed by atoms with Crippen LogP contribution in [0.1, 0.15) is 28.6 Å². The largest absolute Gasteiger partial charge is 0.435 e. The number of aromatic nitrogens is 2. The average Bonchev–Trinajstić information content (AvgIpc) is 2.88. The molecule has 0 radical (unpaired) electrons. The van der Waals surface area contributed by atoms with Crippen LogP contribution in [-0.4, -0.2) is 41.2 Å². The highest BCUT2D eigenvalue weighted by atomic mass is 19.4. The summed E-state index contributed by atoms with van der Waals surface area (Å²) in [5.41, 5.74) is 1.39. The zero-order chi connectivity index (χ0) is 19.5. The summed E-state index contributed by atoms with van der Waals surface area (Å²) < 4.78 is 39.3. The molecule has 5 nitrogen and oxygen atoms in total. The standard InChI is InChI=1S/C18H23F3N4O/c1-12-6-5-7-14(10-12)16(24(3)4)17(26)22-8-9-25-13(2)11-15(23-25)18(19,20)21/h5-7,10-11,16H,8-9H2,1-4H3,(H,22,26)/t16-/m0/s1. The van der Waals surface area contributed by atoms with E-state index >= 15 is 0 Å². The van der Waals surface area contributed by atoms with Crippen LogP contribution in [0.2, 0.25) is 0 Å². The highest BCUT2D eigenvalue weighted by Gasteiger charge is 2.34. The number of likely N-dealkylation sites (N-methyl/N-ethyl adjacent to an activating group) is 1. The second kappa shape index (κ2) is 7.90. The molecule has 1 aromatic heterocycles. The van der Waals surface area contributed by atoms with Gasteiger partial charge in [-0.1, -0.05) is 29.8 Å². The highest BCUT2D eigenvalue weighted by Crippen LogP contribution is 2.28. The van der Waals surface area contributed by atoms with Gasteiger partial charge in [0.1, 0.15) is 6.04 Å². The summed E-state index contributed by atoms with van der Waals surface area (Å²) >= 11 is 0.